The first-order valence-electron chi connectivity index (χ1n) is 11.8. The van der Waals surface area contributed by atoms with E-state index in [9.17, 15) is 32.8 Å². The number of carbonyl (C=O) groups is 3. The highest BCUT2D eigenvalue weighted by Crippen LogP contribution is 2.65. The number of alkyl halides is 3. The van der Waals surface area contributed by atoms with Crippen LogP contribution < -0.4 is 10.6 Å². The number of thiazole rings is 1. The Bertz CT molecular complexity index is 1290. The molecule has 198 valence electrons. The van der Waals surface area contributed by atoms with E-state index in [1.807, 2.05) is 25.2 Å². The molecule has 1 aliphatic heterocycles. The lowest BCUT2D eigenvalue weighted by Crippen LogP contribution is -2.60. The van der Waals surface area contributed by atoms with Gasteiger partial charge < -0.3 is 15.5 Å². The summed E-state index contributed by atoms with van der Waals surface area (Å²) in [6.07, 6.45) is -5.16. The molecule has 3 amide bonds. The normalized spacial score (nSPS) is 24.1. The van der Waals surface area contributed by atoms with E-state index >= 15 is 0 Å². The van der Waals surface area contributed by atoms with Gasteiger partial charge in [0, 0.05) is 12.1 Å². The first-order valence-corrected chi connectivity index (χ1v) is 12.7. The zero-order valence-electron chi connectivity index (χ0n) is 21.0. The number of nitrogens with zero attached hydrogens (tertiary/aromatic N) is 3. The van der Waals surface area contributed by atoms with Crippen LogP contribution in [0.25, 0.3) is 10.2 Å². The van der Waals surface area contributed by atoms with Gasteiger partial charge in [0.25, 0.3) is 0 Å². The third kappa shape index (κ3) is 4.77. The topological polar surface area (TPSA) is 115 Å². The molecular weight excluding hydrogens is 507 g/mol. The van der Waals surface area contributed by atoms with E-state index in [0.717, 1.165) is 4.70 Å². The molecule has 1 aromatic heterocycles. The van der Waals surface area contributed by atoms with Crippen LogP contribution in [0.1, 0.15) is 46.2 Å². The largest absolute Gasteiger partial charge is 0.471 e. The molecule has 1 saturated heterocycles. The maximum Gasteiger partial charge on any atom is 0.471 e. The summed E-state index contributed by atoms with van der Waals surface area (Å²) in [5, 5.41) is 14.4. The number of amides is 3. The van der Waals surface area contributed by atoms with Crippen LogP contribution in [-0.2, 0) is 14.4 Å². The summed E-state index contributed by atoms with van der Waals surface area (Å²) in [6.45, 7) is 8.73. The fraction of sp³-hybridized carbons (Fsp3) is 0.560. The molecular formula is C25H28F3N5O3S. The zero-order valence-corrected chi connectivity index (χ0v) is 21.8. The van der Waals surface area contributed by atoms with E-state index in [4.69, 9.17) is 0 Å². The molecule has 5 atom stereocenters. The molecule has 4 rings (SSSR count). The molecule has 37 heavy (non-hydrogen) atoms. The second-order valence-electron chi connectivity index (χ2n) is 11.3. The number of hydrogen-bond donors (Lipinski definition) is 2. The van der Waals surface area contributed by atoms with E-state index in [0.29, 0.717) is 11.1 Å². The summed E-state index contributed by atoms with van der Waals surface area (Å²) in [6, 6.07) is 3.85. The van der Waals surface area contributed by atoms with Crippen LogP contribution in [0.5, 0.6) is 0 Å². The number of carbonyl (C=O) groups excluding carboxylic acids is 3. The minimum atomic E-state index is -5.16. The molecule has 2 aromatic rings. The molecule has 1 saturated carbocycles. The average molecular weight is 536 g/mol. The summed E-state index contributed by atoms with van der Waals surface area (Å²) in [4.78, 5) is 44.5. The number of hydrogen-bond acceptors (Lipinski definition) is 6. The molecule has 2 fully saturated rings. The van der Waals surface area contributed by atoms with Crippen LogP contribution in [0.3, 0.4) is 0 Å². The second kappa shape index (κ2) is 8.97. The van der Waals surface area contributed by atoms with Crippen molar-refractivity contribution < 1.29 is 27.6 Å². The maximum atomic E-state index is 13.6. The molecule has 8 nitrogen and oxygen atoms in total. The monoisotopic (exact) mass is 535 g/mol. The van der Waals surface area contributed by atoms with Crippen LogP contribution in [0.15, 0.2) is 23.7 Å². The average Bonchev–Trinajstić information content (AvgIpc) is 3.21. The van der Waals surface area contributed by atoms with Crippen LogP contribution in [0.2, 0.25) is 0 Å². The molecule has 1 aliphatic carbocycles. The Morgan fingerprint density at radius 2 is 1.89 bits per heavy atom. The lowest BCUT2D eigenvalue weighted by atomic mass is 9.85. The summed E-state index contributed by atoms with van der Waals surface area (Å²) in [7, 11) is 0. The SMILES string of the molecule is CC(C)(C)C(NC(=O)C(F)(F)F)C(=O)N1C[C@H]2[C@@H]([C@H]1C(=O)NC(C#N)c1cccc3scnc13)C2(C)C. The zero-order chi connectivity index (χ0) is 27.5. The van der Waals surface area contributed by atoms with Gasteiger partial charge in [-0.2, -0.15) is 18.4 Å². The second-order valence-corrected chi connectivity index (χ2v) is 12.2. The Morgan fingerprint density at radius 1 is 1.22 bits per heavy atom. The molecule has 0 bridgehead atoms. The summed E-state index contributed by atoms with van der Waals surface area (Å²) in [5.41, 5.74) is 1.42. The number of aromatic nitrogens is 1. The van der Waals surface area contributed by atoms with Crippen molar-refractivity contribution in [1.29, 1.82) is 5.26 Å². The quantitative estimate of drug-likeness (QED) is 0.608. The minimum Gasteiger partial charge on any atom is -0.336 e. The Balaban J connectivity index is 1.62. The van der Waals surface area contributed by atoms with Crippen molar-refractivity contribution in [3.63, 3.8) is 0 Å². The number of nitrogens with one attached hydrogen (secondary N) is 2. The van der Waals surface area contributed by atoms with Crippen molar-refractivity contribution in [2.45, 2.75) is 58.9 Å². The fourth-order valence-corrected chi connectivity index (χ4v) is 6.10. The number of nitriles is 1. The molecule has 2 heterocycles. The van der Waals surface area contributed by atoms with Crippen molar-refractivity contribution in [3.8, 4) is 6.07 Å². The van der Waals surface area contributed by atoms with Gasteiger partial charge in [0.2, 0.25) is 11.8 Å². The fourth-order valence-electron chi connectivity index (χ4n) is 5.39. The molecule has 2 N–H and O–H groups in total. The Hall–Kier alpha value is -3.20. The molecule has 2 aliphatic rings. The van der Waals surface area contributed by atoms with Crippen molar-refractivity contribution in [2.75, 3.05) is 6.54 Å². The lowest BCUT2D eigenvalue weighted by molar-refractivity contribution is -0.176. The highest BCUT2D eigenvalue weighted by Gasteiger charge is 2.70. The van der Waals surface area contributed by atoms with Gasteiger partial charge in [0.1, 0.15) is 18.1 Å². The first-order chi connectivity index (χ1) is 17.1. The third-order valence-corrected chi connectivity index (χ3v) is 8.32. The number of likely N-dealkylation sites (tertiary alicyclic amines) is 1. The summed E-state index contributed by atoms with van der Waals surface area (Å²) in [5.74, 6) is -3.81. The molecule has 12 heteroatoms. The van der Waals surface area contributed by atoms with Gasteiger partial charge in [-0.1, -0.05) is 46.8 Å². The number of fused-ring (bicyclic) bond motifs is 2. The highest BCUT2D eigenvalue weighted by molar-refractivity contribution is 7.16. The Kier molecular flexibility index (Phi) is 6.51. The predicted molar refractivity (Wildman–Crippen MR) is 130 cm³/mol. The van der Waals surface area contributed by atoms with Gasteiger partial charge in [-0.25, -0.2) is 4.98 Å². The van der Waals surface area contributed by atoms with Crippen molar-refractivity contribution in [2.24, 2.45) is 22.7 Å². The number of piperidine rings is 1. The minimum absolute atomic E-state index is 0.0337. The molecule has 0 radical (unpaired) electrons. The van der Waals surface area contributed by atoms with Crippen LogP contribution in [-0.4, -0.2) is 52.4 Å². The van der Waals surface area contributed by atoms with E-state index in [1.54, 1.807) is 38.4 Å². The summed E-state index contributed by atoms with van der Waals surface area (Å²) >= 11 is 1.40. The smallest absolute Gasteiger partial charge is 0.336 e. The van der Waals surface area contributed by atoms with Gasteiger partial charge in [0.15, 0.2) is 0 Å². The van der Waals surface area contributed by atoms with Crippen molar-refractivity contribution >= 4 is 39.3 Å². The molecule has 1 aromatic carbocycles. The molecule has 2 unspecified atom stereocenters. The van der Waals surface area contributed by atoms with E-state index in [2.05, 4.69) is 16.4 Å². The van der Waals surface area contributed by atoms with E-state index in [-0.39, 0.29) is 23.8 Å². The highest BCUT2D eigenvalue weighted by atomic mass is 32.1. The maximum absolute atomic E-state index is 13.6. The van der Waals surface area contributed by atoms with Crippen LogP contribution in [0.4, 0.5) is 13.2 Å². The Morgan fingerprint density at radius 3 is 2.49 bits per heavy atom. The lowest BCUT2D eigenvalue weighted by Gasteiger charge is -2.37. The Labute approximate surface area is 216 Å². The van der Waals surface area contributed by atoms with Crippen LogP contribution in [0, 0.1) is 34.0 Å². The van der Waals surface area contributed by atoms with Gasteiger partial charge in [-0.3, -0.25) is 14.4 Å². The standard InChI is InChI=1S/C25H28F3N5O3S/c1-23(2,3)19(32-22(36)25(26,27)28)21(35)33-10-13-16(24(13,4)5)18(33)20(34)31-14(9-29)12-7-6-8-15-17(12)30-11-37-15/h6-8,11,13-14,16,18-19H,10H2,1-5H3,(H,31,34)(H,32,36)/t13-,14?,16-,18-,19?/m0/s1. The first kappa shape index (κ1) is 26.9. The van der Waals surface area contributed by atoms with Crippen molar-refractivity contribution in [1.82, 2.24) is 20.5 Å². The molecule has 0 spiro atoms. The van der Waals surface area contributed by atoms with Gasteiger partial charge in [-0.15, -0.1) is 11.3 Å². The number of rotatable bonds is 5. The predicted octanol–water partition coefficient (Wildman–Crippen LogP) is 3.55. The number of para-hydroxylation sites is 1. The van der Waals surface area contributed by atoms with Crippen LogP contribution >= 0.6 is 11.3 Å². The van der Waals surface area contributed by atoms with E-state index in [1.165, 1.54) is 16.2 Å². The third-order valence-electron chi connectivity index (χ3n) is 7.52. The van der Waals surface area contributed by atoms with Gasteiger partial charge >= 0.3 is 12.1 Å². The summed E-state index contributed by atoms with van der Waals surface area (Å²) < 4.78 is 39.9. The van der Waals surface area contributed by atoms with E-state index < -0.39 is 47.4 Å². The van der Waals surface area contributed by atoms with Crippen molar-refractivity contribution in [3.05, 3.63) is 29.3 Å². The van der Waals surface area contributed by atoms with Gasteiger partial charge in [-0.05, 0) is 28.7 Å². The number of benzene rings is 1. The number of halogens is 3. The van der Waals surface area contributed by atoms with Gasteiger partial charge in [0.05, 0.1) is 21.8 Å².